The van der Waals surface area contributed by atoms with E-state index in [0.29, 0.717) is 25.6 Å². The number of amides is 2. The molecule has 4 heteroatoms. The maximum atomic E-state index is 12.6. The SMILES string of the molecule is CCc1ccc(CN(C(=O)C2CNC(=O)C2)C2CC2)cc1. The maximum absolute atomic E-state index is 12.6. The van der Waals surface area contributed by atoms with Crippen LogP contribution >= 0.6 is 0 Å². The minimum Gasteiger partial charge on any atom is -0.355 e. The van der Waals surface area contributed by atoms with E-state index in [2.05, 4.69) is 36.5 Å². The second kappa shape index (κ2) is 5.88. The monoisotopic (exact) mass is 286 g/mol. The van der Waals surface area contributed by atoms with Gasteiger partial charge in [0.25, 0.3) is 0 Å². The molecule has 0 aromatic heterocycles. The molecule has 0 bridgehead atoms. The molecule has 1 atom stereocenters. The highest BCUT2D eigenvalue weighted by atomic mass is 16.2. The number of carbonyl (C=O) groups excluding carboxylic acids is 2. The van der Waals surface area contributed by atoms with E-state index in [9.17, 15) is 9.59 Å². The highest BCUT2D eigenvalue weighted by molar-refractivity contribution is 5.89. The van der Waals surface area contributed by atoms with Crippen LogP contribution in [0.1, 0.15) is 37.3 Å². The van der Waals surface area contributed by atoms with Gasteiger partial charge in [-0.15, -0.1) is 0 Å². The van der Waals surface area contributed by atoms with Gasteiger partial charge in [0.15, 0.2) is 0 Å². The fourth-order valence-electron chi connectivity index (χ4n) is 2.86. The fourth-order valence-corrected chi connectivity index (χ4v) is 2.86. The Morgan fingerprint density at radius 2 is 1.90 bits per heavy atom. The summed E-state index contributed by atoms with van der Waals surface area (Å²) in [5.74, 6) is -0.0418. The summed E-state index contributed by atoms with van der Waals surface area (Å²) in [7, 11) is 0. The van der Waals surface area contributed by atoms with Gasteiger partial charge in [0.2, 0.25) is 11.8 Å². The third kappa shape index (κ3) is 3.26. The van der Waals surface area contributed by atoms with Gasteiger partial charge in [0, 0.05) is 25.6 Å². The van der Waals surface area contributed by atoms with Gasteiger partial charge in [0.05, 0.1) is 5.92 Å². The summed E-state index contributed by atoms with van der Waals surface area (Å²) in [6.07, 6.45) is 3.55. The molecule has 1 unspecified atom stereocenters. The van der Waals surface area contributed by atoms with Crippen molar-refractivity contribution >= 4 is 11.8 Å². The zero-order valence-electron chi connectivity index (χ0n) is 12.5. The summed E-state index contributed by atoms with van der Waals surface area (Å²) in [5, 5.41) is 2.76. The molecule has 3 rings (SSSR count). The molecular formula is C17H22N2O2. The molecule has 0 radical (unpaired) electrons. The summed E-state index contributed by atoms with van der Waals surface area (Å²) in [6.45, 7) is 3.30. The molecule has 2 aliphatic rings. The van der Waals surface area contributed by atoms with Gasteiger partial charge < -0.3 is 10.2 Å². The third-order valence-electron chi connectivity index (χ3n) is 4.38. The quantitative estimate of drug-likeness (QED) is 0.898. The first kappa shape index (κ1) is 14.1. The van der Waals surface area contributed by atoms with E-state index < -0.39 is 0 Å². The van der Waals surface area contributed by atoms with Crippen molar-refractivity contribution in [1.82, 2.24) is 10.2 Å². The highest BCUT2D eigenvalue weighted by Crippen LogP contribution is 2.30. The Labute approximate surface area is 125 Å². The first-order chi connectivity index (χ1) is 10.2. The van der Waals surface area contributed by atoms with Gasteiger partial charge in [-0.2, -0.15) is 0 Å². The van der Waals surface area contributed by atoms with Crippen LogP contribution in [0, 0.1) is 5.92 Å². The summed E-state index contributed by atoms with van der Waals surface area (Å²) < 4.78 is 0. The molecule has 1 aliphatic heterocycles. The van der Waals surface area contributed by atoms with Crippen LogP contribution in [0.3, 0.4) is 0 Å². The van der Waals surface area contributed by atoms with Crippen molar-refractivity contribution in [1.29, 1.82) is 0 Å². The van der Waals surface area contributed by atoms with Gasteiger partial charge in [-0.25, -0.2) is 0 Å². The van der Waals surface area contributed by atoms with Crippen molar-refractivity contribution in [3.63, 3.8) is 0 Å². The lowest BCUT2D eigenvalue weighted by Gasteiger charge is -2.25. The van der Waals surface area contributed by atoms with Crippen LogP contribution < -0.4 is 5.32 Å². The van der Waals surface area contributed by atoms with Crippen molar-refractivity contribution in [3.05, 3.63) is 35.4 Å². The van der Waals surface area contributed by atoms with Crippen LogP contribution in [0.15, 0.2) is 24.3 Å². The predicted octanol–water partition coefficient (Wildman–Crippen LogP) is 1.88. The van der Waals surface area contributed by atoms with Crippen LogP contribution in [0.2, 0.25) is 0 Å². The Bertz CT molecular complexity index is 534. The van der Waals surface area contributed by atoms with E-state index in [-0.39, 0.29) is 17.7 Å². The standard InChI is InChI=1S/C17H22N2O2/c1-2-12-3-5-13(6-4-12)11-19(15-7-8-15)17(21)14-9-16(20)18-10-14/h3-6,14-15H,2,7-11H2,1H3,(H,18,20). The minimum absolute atomic E-state index is 0.00334. The van der Waals surface area contributed by atoms with Crippen molar-refractivity contribution in [2.24, 2.45) is 5.92 Å². The summed E-state index contributed by atoms with van der Waals surface area (Å²) in [6, 6.07) is 8.86. The largest absolute Gasteiger partial charge is 0.355 e. The summed E-state index contributed by atoms with van der Waals surface area (Å²) in [4.78, 5) is 25.9. The Hall–Kier alpha value is -1.84. The van der Waals surface area contributed by atoms with Crippen LogP contribution in [-0.2, 0) is 22.6 Å². The molecule has 1 aliphatic carbocycles. The molecule has 1 N–H and O–H groups in total. The molecule has 2 fully saturated rings. The number of aryl methyl sites for hydroxylation is 1. The van der Waals surface area contributed by atoms with Crippen molar-refractivity contribution in [3.8, 4) is 0 Å². The zero-order valence-corrected chi connectivity index (χ0v) is 12.5. The van der Waals surface area contributed by atoms with Crippen LogP contribution in [-0.4, -0.2) is 29.3 Å². The summed E-state index contributed by atoms with van der Waals surface area (Å²) >= 11 is 0. The lowest BCUT2D eigenvalue weighted by molar-refractivity contribution is -0.137. The molecule has 1 saturated heterocycles. The Kier molecular flexibility index (Phi) is 3.95. The number of hydrogen-bond acceptors (Lipinski definition) is 2. The third-order valence-corrected chi connectivity index (χ3v) is 4.38. The normalized spacial score (nSPS) is 21.2. The van der Waals surface area contributed by atoms with Gasteiger partial charge in [-0.1, -0.05) is 31.2 Å². The van der Waals surface area contributed by atoms with Gasteiger partial charge in [-0.3, -0.25) is 9.59 Å². The van der Waals surface area contributed by atoms with E-state index in [1.807, 2.05) is 4.90 Å². The average Bonchev–Trinajstić information content (AvgIpc) is 3.26. The molecule has 1 aromatic carbocycles. The molecule has 1 aromatic rings. The molecule has 21 heavy (non-hydrogen) atoms. The first-order valence-electron chi connectivity index (χ1n) is 7.82. The smallest absolute Gasteiger partial charge is 0.228 e. The molecule has 112 valence electrons. The average molecular weight is 286 g/mol. The van der Waals surface area contributed by atoms with Crippen LogP contribution in [0.4, 0.5) is 0 Å². The van der Waals surface area contributed by atoms with E-state index in [0.717, 1.165) is 19.3 Å². The lowest BCUT2D eigenvalue weighted by Crippen LogP contribution is -2.38. The van der Waals surface area contributed by atoms with Gasteiger partial charge >= 0.3 is 0 Å². The molecule has 2 amide bonds. The Morgan fingerprint density at radius 3 is 2.43 bits per heavy atom. The number of benzene rings is 1. The Balaban J connectivity index is 1.69. The molecule has 4 nitrogen and oxygen atoms in total. The molecule has 1 saturated carbocycles. The molecule has 1 heterocycles. The number of nitrogens with zero attached hydrogens (tertiary/aromatic N) is 1. The van der Waals surface area contributed by atoms with Crippen molar-refractivity contribution in [2.75, 3.05) is 6.54 Å². The lowest BCUT2D eigenvalue weighted by atomic mass is 10.1. The van der Waals surface area contributed by atoms with E-state index in [4.69, 9.17) is 0 Å². The van der Waals surface area contributed by atoms with Crippen molar-refractivity contribution in [2.45, 2.75) is 45.2 Å². The van der Waals surface area contributed by atoms with E-state index in [1.165, 1.54) is 11.1 Å². The second-order valence-electron chi connectivity index (χ2n) is 6.07. The van der Waals surface area contributed by atoms with Crippen LogP contribution in [0.5, 0.6) is 0 Å². The first-order valence-corrected chi connectivity index (χ1v) is 7.82. The Morgan fingerprint density at radius 1 is 1.24 bits per heavy atom. The number of hydrogen-bond donors (Lipinski definition) is 1. The van der Waals surface area contributed by atoms with E-state index in [1.54, 1.807) is 0 Å². The highest BCUT2D eigenvalue weighted by Gasteiger charge is 2.38. The summed E-state index contributed by atoms with van der Waals surface area (Å²) in [5.41, 5.74) is 2.48. The second-order valence-corrected chi connectivity index (χ2v) is 6.07. The molecule has 0 spiro atoms. The van der Waals surface area contributed by atoms with Crippen LogP contribution in [0.25, 0.3) is 0 Å². The van der Waals surface area contributed by atoms with E-state index >= 15 is 0 Å². The number of rotatable bonds is 5. The maximum Gasteiger partial charge on any atom is 0.228 e. The van der Waals surface area contributed by atoms with Gasteiger partial charge in [-0.05, 0) is 30.4 Å². The number of nitrogens with one attached hydrogen (secondary N) is 1. The predicted molar refractivity (Wildman–Crippen MR) is 80.5 cm³/mol. The minimum atomic E-state index is -0.173. The number of carbonyl (C=O) groups is 2. The van der Waals surface area contributed by atoms with Gasteiger partial charge in [0.1, 0.15) is 0 Å². The van der Waals surface area contributed by atoms with Crippen molar-refractivity contribution < 1.29 is 9.59 Å². The topological polar surface area (TPSA) is 49.4 Å². The fraction of sp³-hybridized carbons (Fsp3) is 0.529. The zero-order chi connectivity index (χ0) is 14.8. The molecular weight excluding hydrogens is 264 g/mol.